The molecule has 1 N–H and O–H groups in total. The molecule has 3 nitrogen and oxygen atoms in total. The minimum atomic E-state index is -1.68. The molecule has 0 bridgehead atoms. The molecule has 3 rings (SSSR count). The third-order valence-corrected chi connectivity index (χ3v) is 3.85. The molecule has 1 unspecified atom stereocenters. The molecule has 0 saturated heterocycles. The van der Waals surface area contributed by atoms with Crippen LogP contribution in [0, 0.1) is 17.8 Å². The van der Waals surface area contributed by atoms with Gasteiger partial charge in [0, 0.05) is 23.0 Å². The van der Waals surface area contributed by atoms with E-state index in [-0.39, 0.29) is 5.91 Å². The molecule has 1 aliphatic carbocycles. The van der Waals surface area contributed by atoms with Crippen molar-refractivity contribution in [2.45, 2.75) is 18.4 Å². The van der Waals surface area contributed by atoms with Gasteiger partial charge in [-0.2, -0.15) is 0 Å². The van der Waals surface area contributed by atoms with Crippen LogP contribution in [0.25, 0.3) is 0 Å². The highest BCUT2D eigenvalue weighted by Crippen LogP contribution is 2.41. The molecule has 1 heterocycles. The first kappa shape index (κ1) is 11.8. The summed E-state index contributed by atoms with van der Waals surface area (Å²) in [5.74, 6) is 5.74. The zero-order valence-corrected chi connectivity index (χ0v) is 11.5. The summed E-state index contributed by atoms with van der Waals surface area (Å²) in [6.07, 6.45) is 2.14. The fourth-order valence-corrected chi connectivity index (χ4v) is 2.47. The molecule has 1 saturated carbocycles. The van der Waals surface area contributed by atoms with Crippen molar-refractivity contribution in [3.8, 4) is 11.8 Å². The molecule has 1 aliphatic heterocycles. The first-order chi connectivity index (χ1) is 8.52. The Balaban J connectivity index is 2.13. The van der Waals surface area contributed by atoms with E-state index in [1.807, 2.05) is 12.1 Å². The molecule has 0 radical (unpaired) electrons. The van der Waals surface area contributed by atoms with Gasteiger partial charge in [-0.05, 0) is 31.0 Å². The average Bonchev–Trinajstić information content (AvgIpc) is 3.15. The standard InChI is InChI=1S/C14H12BrNO2/c1-16-12-5-4-10(15)8-11(12)14(18,13(16)17)7-6-9-2-3-9/h4-5,8-9,18H,2-3H2,1H3. The lowest BCUT2D eigenvalue weighted by Crippen LogP contribution is -2.37. The van der Waals surface area contributed by atoms with Crippen LogP contribution in [0.15, 0.2) is 22.7 Å². The van der Waals surface area contributed by atoms with Gasteiger partial charge in [-0.3, -0.25) is 4.79 Å². The van der Waals surface area contributed by atoms with E-state index in [9.17, 15) is 9.90 Å². The van der Waals surface area contributed by atoms with Crippen LogP contribution >= 0.6 is 15.9 Å². The number of benzene rings is 1. The number of hydrogen-bond donors (Lipinski definition) is 1. The van der Waals surface area contributed by atoms with E-state index < -0.39 is 5.60 Å². The van der Waals surface area contributed by atoms with Crippen LogP contribution in [0.5, 0.6) is 0 Å². The van der Waals surface area contributed by atoms with Gasteiger partial charge >= 0.3 is 0 Å². The van der Waals surface area contributed by atoms with Gasteiger partial charge in [0.25, 0.3) is 5.91 Å². The summed E-state index contributed by atoms with van der Waals surface area (Å²) >= 11 is 3.36. The molecular weight excluding hydrogens is 294 g/mol. The van der Waals surface area contributed by atoms with E-state index in [4.69, 9.17) is 0 Å². The van der Waals surface area contributed by atoms with Crippen LogP contribution in [0.1, 0.15) is 18.4 Å². The summed E-state index contributed by atoms with van der Waals surface area (Å²) in [5, 5.41) is 10.6. The predicted octanol–water partition coefficient (Wildman–Crippen LogP) is 2.03. The van der Waals surface area contributed by atoms with Crippen LogP contribution in [0.2, 0.25) is 0 Å². The molecule has 4 heteroatoms. The van der Waals surface area contributed by atoms with Crippen LogP contribution < -0.4 is 4.90 Å². The smallest absolute Gasteiger partial charge is 0.276 e. The summed E-state index contributed by atoms with van der Waals surface area (Å²) in [7, 11) is 1.66. The van der Waals surface area contributed by atoms with E-state index in [0.29, 0.717) is 11.5 Å². The number of anilines is 1. The second-order valence-electron chi connectivity index (χ2n) is 4.78. The van der Waals surface area contributed by atoms with Crippen molar-refractivity contribution in [2.24, 2.45) is 5.92 Å². The van der Waals surface area contributed by atoms with Gasteiger partial charge in [0.15, 0.2) is 0 Å². The predicted molar refractivity (Wildman–Crippen MR) is 71.9 cm³/mol. The SMILES string of the molecule is CN1C(=O)C(O)(C#CC2CC2)c2cc(Br)ccc21. The third kappa shape index (κ3) is 1.66. The van der Waals surface area contributed by atoms with Gasteiger partial charge in [0.05, 0.1) is 5.69 Å². The van der Waals surface area contributed by atoms with Crippen molar-refractivity contribution in [2.75, 3.05) is 11.9 Å². The molecule has 1 amide bonds. The van der Waals surface area contributed by atoms with Crippen LogP contribution in [-0.4, -0.2) is 18.1 Å². The Morgan fingerprint density at radius 1 is 1.50 bits per heavy atom. The van der Waals surface area contributed by atoms with Gasteiger partial charge < -0.3 is 10.0 Å². The number of carbonyl (C=O) groups excluding carboxylic acids is 1. The highest BCUT2D eigenvalue weighted by atomic mass is 79.9. The first-order valence-corrected chi connectivity index (χ1v) is 6.65. The number of carbonyl (C=O) groups is 1. The maximum Gasteiger partial charge on any atom is 0.276 e. The second-order valence-corrected chi connectivity index (χ2v) is 5.70. The Hall–Kier alpha value is -1.31. The highest BCUT2D eigenvalue weighted by Gasteiger charge is 2.47. The fraction of sp³-hybridized carbons (Fsp3) is 0.357. The van der Waals surface area contributed by atoms with Crippen LogP contribution in [0.4, 0.5) is 5.69 Å². The third-order valence-electron chi connectivity index (χ3n) is 3.36. The minimum absolute atomic E-state index is 0.350. The number of fused-ring (bicyclic) bond motifs is 1. The molecule has 1 aromatic carbocycles. The van der Waals surface area contributed by atoms with Gasteiger partial charge in [-0.1, -0.05) is 27.8 Å². The summed E-state index contributed by atoms with van der Waals surface area (Å²) in [5.41, 5.74) is -0.399. The molecular formula is C14H12BrNO2. The average molecular weight is 306 g/mol. The van der Waals surface area contributed by atoms with E-state index in [1.54, 1.807) is 13.1 Å². The fourth-order valence-electron chi connectivity index (χ4n) is 2.11. The Labute approximate surface area is 114 Å². The van der Waals surface area contributed by atoms with Crippen molar-refractivity contribution in [1.82, 2.24) is 0 Å². The highest BCUT2D eigenvalue weighted by molar-refractivity contribution is 9.10. The number of nitrogens with zero attached hydrogens (tertiary/aromatic N) is 1. The zero-order chi connectivity index (χ0) is 12.9. The van der Waals surface area contributed by atoms with E-state index >= 15 is 0 Å². The largest absolute Gasteiger partial charge is 0.366 e. The van der Waals surface area contributed by atoms with Gasteiger partial charge in [-0.15, -0.1) is 0 Å². The molecule has 0 aromatic heterocycles. The Morgan fingerprint density at radius 3 is 2.89 bits per heavy atom. The van der Waals surface area contributed by atoms with Gasteiger partial charge in [0.1, 0.15) is 0 Å². The lowest BCUT2D eigenvalue weighted by Gasteiger charge is -2.14. The van der Waals surface area contributed by atoms with Gasteiger partial charge in [-0.25, -0.2) is 0 Å². The minimum Gasteiger partial charge on any atom is -0.366 e. The molecule has 2 aliphatic rings. The molecule has 1 aromatic rings. The number of amides is 1. The molecule has 1 atom stereocenters. The lowest BCUT2D eigenvalue weighted by molar-refractivity contribution is -0.130. The molecule has 92 valence electrons. The number of hydrogen-bond acceptors (Lipinski definition) is 2. The Kier molecular flexibility index (Phi) is 2.51. The first-order valence-electron chi connectivity index (χ1n) is 5.85. The summed E-state index contributed by atoms with van der Waals surface area (Å²) in [4.78, 5) is 13.6. The molecule has 18 heavy (non-hydrogen) atoms. The lowest BCUT2D eigenvalue weighted by atomic mass is 9.96. The van der Waals surface area contributed by atoms with Crippen molar-refractivity contribution in [3.63, 3.8) is 0 Å². The normalized spacial score (nSPS) is 25.7. The summed E-state index contributed by atoms with van der Waals surface area (Å²) in [6.45, 7) is 0. The Morgan fingerprint density at radius 2 is 2.22 bits per heavy atom. The number of rotatable bonds is 0. The second kappa shape index (κ2) is 3.84. The Bertz CT molecular complexity index is 598. The van der Waals surface area contributed by atoms with E-state index in [2.05, 4.69) is 27.8 Å². The summed E-state index contributed by atoms with van der Waals surface area (Å²) < 4.78 is 0.830. The van der Waals surface area contributed by atoms with Gasteiger partial charge in [0.2, 0.25) is 5.60 Å². The summed E-state index contributed by atoms with van der Waals surface area (Å²) in [6, 6.07) is 5.43. The topological polar surface area (TPSA) is 40.5 Å². The molecule has 0 spiro atoms. The van der Waals surface area contributed by atoms with Crippen LogP contribution in [-0.2, 0) is 10.4 Å². The maximum absolute atomic E-state index is 12.2. The van der Waals surface area contributed by atoms with Crippen molar-refractivity contribution in [3.05, 3.63) is 28.2 Å². The van der Waals surface area contributed by atoms with Crippen LogP contribution in [0.3, 0.4) is 0 Å². The monoisotopic (exact) mass is 305 g/mol. The maximum atomic E-state index is 12.2. The van der Waals surface area contributed by atoms with Crippen molar-refractivity contribution < 1.29 is 9.90 Å². The quantitative estimate of drug-likeness (QED) is 0.745. The zero-order valence-electron chi connectivity index (χ0n) is 9.90. The van der Waals surface area contributed by atoms with E-state index in [0.717, 1.165) is 23.0 Å². The van der Waals surface area contributed by atoms with Crippen molar-refractivity contribution in [1.29, 1.82) is 0 Å². The van der Waals surface area contributed by atoms with Crippen molar-refractivity contribution >= 4 is 27.5 Å². The number of likely N-dealkylation sites (N-methyl/N-ethyl adjacent to an activating group) is 1. The van der Waals surface area contributed by atoms with E-state index in [1.165, 1.54) is 4.90 Å². The molecule has 1 fully saturated rings. The number of halogens is 1. The number of aliphatic hydroxyl groups is 1.